The van der Waals surface area contributed by atoms with Crippen molar-refractivity contribution in [2.45, 2.75) is 0 Å². The summed E-state index contributed by atoms with van der Waals surface area (Å²) in [5.41, 5.74) is 0. The van der Waals surface area contributed by atoms with Crippen molar-refractivity contribution in [1.82, 2.24) is 10.1 Å². The van der Waals surface area contributed by atoms with Gasteiger partial charge in [0.15, 0.2) is 0 Å². The number of hydrazine groups is 1. The highest BCUT2D eigenvalue weighted by molar-refractivity contribution is 7.71. The van der Waals surface area contributed by atoms with Crippen LogP contribution >= 0.6 is 12.2 Å². The van der Waals surface area contributed by atoms with E-state index >= 15 is 0 Å². The van der Waals surface area contributed by atoms with Gasteiger partial charge in [-0.3, -0.25) is 5.01 Å². The summed E-state index contributed by atoms with van der Waals surface area (Å²) in [6, 6.07) is 0. The Morgan fingerprint density at radius 1 is 1.91 bits per heavy atom. The molecular formula is C5H8N4OS. The Morgan fingerprint density at radius 2 is 2.64 bits per heavy atom. The molecule has 11 heavy (non-hydrogen) atoms. The summed E-state index contributed by atoms with van der Waals surface area (Å²) >= 11 is 4.62. The molecule has 0 aromatic carbocycles. The van der Waals surface area contributed by atoms with E-state index in [1.807, 2.05) is 0 Å². The molecule has 0 saturated carbocycles. The Kier molecular flexibility index (Phi) is 2.40. The average Bonchev–Trinajstić information content (AvgIpc) is 2.36. The van der Waals surface area contributed by atoms with Gasteiger partial charge >= 0.3 is 4.84 Å². The third kappa shape index (κ3) is 1.89. The summed E-state index contributed by atoms with van der Waals surface area (Å²) in [6.07, 6.45) is 1.64. The lowest BCUT2D eigenvalue weighted by Crippen LogP contribution is -2.31. The molecule has 0 radical (unpaired) electrons. The maximum Gasteiger partial charge on any atom is 0.315 e. The molecule has 0 atom stereocenters. The lowest BCUT2D eigenvalue weighted by Gasteiger charge is -2.09. The van der Waals surface area contributed by atoms with Crippen LogP contribution in [0.5, 0.6) is 0 Å². The summed E-state index contributed by atoms with van der Waals surface area (Å²) in [6.45, 7) is 4.00. The van der Waals surface area contributed by atoms with E-state index in [-0.39, 0.29) is 4.84 Å². The molecule has 0 unspecified atom stereocenters. The predicted octanol–water partition coefficient (Wildman–Crippen LogP) is 0.598. The van der Waals surface area contributed by atoms with Gasteiger partial charge in [-0.15, -0.1) is 6.58 Å². The number of H-pyrrole nitrogens is 1. The van der Waals surface area contributed by atoms with Crippen LogP contribution in [0, 0.1) is 4.84 Å². The van der Waals surface area contributed by atoms with Crippen molar-refractivity contribution in [2.24, 2.45) is 5.84 Å². The molecule has 1 rings (SSSR count). The number of nitrogens with one attached hydrogen (secondary N) is 1. The van der Waals surface area contributed by atoms with E-state index in [9.17, 15) is 0 Å². The van der Waals surface area contributed by atoms with Crippen LogP contribution in [0.15, 0.2) is 17.2 Å². The molecule has 1 aromatic rings. The zero-order chi connectivity index (χ0) is 8.27. The van der Waals surface area contributed by atoms with Crippen molar-refractivity contribution < 1.29 is 4.52 Å². The normalized spacial score (nSPS) is 9.55. The Labute approximate surface area is 68.5 Å². The van der Waals surface area contributed by atoms with Crippen LogP contribution in [0.2, 0.25) is 0 Å². The highest BCUT2D eigenvalue weighted by Gasteiger charge is 2.02. The summed E-state index contributed by atoms with van der Waals surface area (Å²) in [5.74, 6) is 5.88. The minimum Gasteiger partial charge on any atom is -0.346 e. The van der Waals surface area contributed by atoms with E-state index in [0.717, 1.165) is 0 Å². The smallest absolute Gasteiger partial charge is 0.315 e. The molecule has 0 saturated heterocycles. The quantitative estimate of drug-likeness (QED) is 0.302. The van der Waals surface area contributed by atoms with Gasteiger partial charge < -0.3 is 4.52 Å². The number of nitrogens with zero attached hydrogens (tertiary/aromatic N) is 2. The molecule has 0 amide bonds. The lowest BCUT2D eigenvalue weighted by atomic mass is 10.6. The van der Waals surface area contributed by atoms with Gasteiger partial charge in [0.25, 0.3) is 5.95 Å². The van der Waals surface area contributed by atoms with E-state index in [4.69, 9.17) is 5.84 Å². The second kappa shape index (κ2) is 3.31. The molecule has 0 aliphatic rings. The third-order valence-electron chi connectivity index (χ3n) is 1.02. The second-order valence-electron chi connectivity index (χ2n) is 1.85. The zero-order valence-electron chi connectivity index (χ0n) is 5.78. The van der Waals surface area contributed by atoms with Crippen LogP contribution in [-0.2, 0) is 0 Å². The zero-order valence-corrected chi connectivity index (χ0v) is 6.60. The van der Waals surface area contributed by atoms with E-state index in [2.05, 4.69) is 33.5 Å². The van der Waals surface area contributed by atoms with Crippen molar-refractivity contribution >= 4 is 18.2 Å². The topological polar surface area (TPSA) is 71.1 Å². The Hall–Kier alpha value is -1.14. The number of hydrogen-bond acceptors (Lipinski definition) is 5. The van der Waals surface area contributed by atoms with E-state index in [1.54, 1.807) is 6.08 Å². The monoisotopic (exact) mass is 172 g/mol. The summed E-state index contributed by atoms with van der Waals surface area (Å²) in [7, 11) is 0. The van der Waals surface area contributed by atoms with Gasteiger partial charge in [-0.2, -0.15) is 10.1 Å². The van der Waals surface area contributed by atoms with E-state index < -0.39 is 0 Å². The molecular weight excluding hydrogens is 164 g/mol. The van der Waals surface area contributed by atoms with Crippen LogP contribution in [0.1, 0.15) is 0 Å². The molecule has 0 spiro atoms. The number of rotatable bonds is 3. The molecule has 0 bridgehead atoms. The van der Waals surface area contributed by atoms with Crippen molar-refractivity contribution in [1.29, 1.82) is 0 Å². The van der Waals surface area contributed by atoms with Crippen molar-refractivity contribution in [3.63, 3.8) is 0 Å². The van der Waals surface area contributed by atoms with Crippen LogP contribution in [-0.4, -0.2) is 16.7 Å². The Morgan fingerprint density at radius 3 is 3.09 bits per heavy atom. The molecule has 0 aliphatic carbocycles. The second-order valence-corrected chi connectivity index (χ2v) is 2.20. The first kappa shape index (κ1) is 7.96. The molecule has 0 aliphatic heterocycles. The Bertz CT molecular complexity index is 291. The predicted molar refractivity (Wildman–Crippen MR) is 43.4 cm³/mol. The van der Waals surface area contributed by atoms with Crippen molar-refractivity contribution in [2.75, 3.05) is 11.6 Å². The van der Waals surface area contributed by atoms with Gasteiger partial charge in [-0.25, -0.2) is 5.84 Å². The molecule has 6 heteroatoms. The van der Waals surface area contributed by atoms with Crippen molar-refractivity contribution in [3.05, 3.63) is 17.5 Å². The van der Waals surface area contributed by atoms with Gasteiger partial charge in [-0.1, -0.05) is 6.08 Å². The first-order valence-electron chi connectivity index (χ1n) is 2.92. The molecule has 60 valence electrons. The number of aromatic nitrogens is 2. The molecule has 1 heterocycles. The summed E-state index contributed by atoms with van der Waals surface area (Å²) < 4.78 is 4.65. The first-order chi connectivity index (χ1) is 5.24. The fraction of sp³-hybridized carbons (Fsp3) is 0.200. The first-order valence-corrected chi connectivity index (χ1v) is 3.33. The van der Waals surface area contributed by atoms with Crippen molar-refractivity contribution in [3.8, 4) is 0 Å². The molecule has 1 aromatic heterocycles. The summed E-state index contributed by atoms with van der Waals surface area (Å²) in [4.78, 5) is 3.91. The number of anilines is 1. The lowest BCUT2D eigenvalue weighted by molar-refractivity contribution is 0.404. The number of aromatic amines is 1. The minimum atomic E-state index is 0.138. The highest BCUT2D eigenvalue weighted by atomic mass is 32.1. The number of nitrogens with two attached hydrogens (primary N) is 1. The van der Waals surface area contributed by atoms with Crippen LogP contribution in [0.4, 0.5) is 5.95 Å². The standard InChI is InChI=1S/C5H8N4OS/c1-2-3-9(6)4-7-5(11)10-8-4/h2H,1,3,6H2,(H,7,8,11). The fourth-order valence-corrected chi connectivity index (χ4v) is 0.698. The van der Waals surface area contributed by atoms with Gasteiger partial charge in [-0.05, 0) is 12.2 Å². The van der Waals surface area contributed by atoms with Gasteiger partial charge in [0, 0.05) is 0 Å². The van der Waals surface area contributed by atoms with Gasteiger partial charge in [0.1, 0.15) is 0 Å². The van der Waals surface area contributed by atoms with Crippen LogP contribution < -0.4 is 10.9 Å². The Balaban J connectivity index is 2.75. The maximum atomic E-state index is 5.48. The SMILES string of the molecule is C=CCN(N)c1nc(=S)o[nH]1. The maximum absolute atomic E-state index is 5.48. The summed E-state index contributed by atoms with van der Waals surface area (Å²) in [5, 5.41) is 3.79. The van der Waals surface area contributed by atoms with Gasteiger partial charge in [0.05, 0.1) is 6.54 Å². The van der Waals surface area contributed by atoms with Crippen LogP contribution in [0.25, 0.3) is 0 Å². The van der Waals surface area contributed by atoms with Gasteiger partial charge in [0.2, 0.25) is 0 Å². The average molecular weight is 172 g/mol. The molecule has 3 N–H and O–H groups in total. The molecule has 0 fully saturated rings. The number of hydrogen-bond donors (Lipinski definition) is 2. The largest absolute Gasteiger partial charge is 0.346 e. The minimum absolute atomic E-state index is 0.138. The highest BCUT2D eigenvalue weighted by Crippen LogP contribution is 2.00. The van der Waals surface area contributed by atoms with E-state index in [1.165, 1.54) is 5.01 Å². The van der Waals surface area contributed by atoms with Crippen LogP contribution in [0.3, 0.4) is 0 Å². The fourth-order valence-electron chi connectivity index (χ4n) is 0.570. The third-order valence-corrected chi connectivity index (χ3v) is 1.20. The van der Waals surface area contributed by atoms with E-state index in [0.29, 0.717) is 12.5 Å². The molecule has 5 nitrogen and oxygen atoms in total.